The fourth-order valence-electron chi connectivity index (χ4n) is 2.54. The molecule has 0 saturated carbocycles. The van der Waals surface area contributed by atoms with E-state index in [0.717, 1.165) is 24.3 Å². The van der Waals surface area contributed by atoms with E-state index in [-0.39, 0.29) is 36.1 Å². The number of ether oxygens (including phenoxy) is 2. The molecule has 0 aliphatic heterocycles. The number of benzene rings is 2. The van der Waals surface area contributed by atoms with Crippen molar-refractivity contribution in [3.05, 3.63) is 59.7 Å². The van der Waals surface area contributed by atoms with E-state index in [1.54, 1.807) is 6.92 Å². The van der Waals surface area contributed by atoms with Crippen LogP contribution in [0.4, 0.5) is 18.9 Å². The average Bonchev–Trinajstić information content (AvgIpc) is 2.73. The molecule has 2 aromatic rings. The fraction of sp³-hybridized carbons (Fsp3) is 0.286. The molecule has 0 saturated heterocycles. The molecule has 0 atom stereocenters. The molecular weight excluding hydrogens is 449 g/mol. The number of hydrogen-bond donors (Lipinski definition) is 2. The summed E-state index contributed by atoms with van der Waals surface area (Å²) in [7, 11) is -2.15. The van der Waals surface area contributed by atoms with Crippen molar-refractivity contribution >= 4 is 27.7 Å². The van der Waals surface area contributed by atoms with E-state index in [9.17, 15) is 26.4 Å². The first-order chi connectivity index (χ1) is 15.1. The summed E-state index contributed by atoms with van der Waals surface area (Å²) in [6, 6.07) is 8.52. The molecule has 11 heteroatoms. The van der Waals surface area contributed by atoms with Gasteiger partial charge in [-0.15, -0.1) is 0 Å². The minimum absolute atomic E-state index is 0.0646. The molecule has 174 valence electrons. The van der Waals surface area contributed by atoms with Crippen LogP contribution in [0.1, 0.15) is 18.1 Å². The van der Waals surface area contributed by atoms with Gasteiger partial charge in [0, 0.05) is 19.7 Å². The highest BCUT2D eigenvalue weighted by molar-refractivity contribution is 7.89. The summed E-state index contributed by atoms with van der Waals surface area (Å²) in [6.45, 7) is 2.21. The molecule has 32 heavy (non-hydrogen) atoms. The molecule has 0 aromatic heterocycles. The number of halogens is 3. The van der Waals surface area contributed by atoms with E-state index >= 15 is 0 Å². The minimum atomic E-state index is -4.59. The number of anilines is 1. The predicted molar refractivity (Wildman–Crippen MR) is 114 cm³/mol. The number of rotatable bonds is 10. The normalized spacial score (nSPS) is 12.2. The Labute approximate surface area is 184 Å². The minimum Gasteiger partial charge on any atom is -0.489 e. The Morgan fingerprint density at radius 3 is 2.38 bits per heavy atom. The van der Waals surface area contributed by atoms with E-state index in [1.807, 2.05) is 0 Å². The number of alkyl halides is 3. The van der Waals surface area contributed by atoms with E-state index in [4.69, 9.17) is 9.47 Å². The SMILES string of the molecule is CCNS(=O)(=O)c1ccc(/C=C/C(=O)Nc2cc(C(F)(F)F)ccc2OCCOC)cc1. The van der Waals surface area contributed by atoms with Crippen LogP contribution in [0.3, 0.4) is 0 Å². The summed E-state index contributed by atoms with van der Waals surface area (Å²) in [4.78, 5) is 12.3. The Morgan fingerprint density at radius 2 is 1.78 bits per heavy atom. The highest BCUT2D eigenvalue weighted by Gasteiger charge is 2.31. The molecule has 0 unspecified atom stereocenters. The number of carbonyl (C=O) groups is 1. The molecule has 1 amide bonds. The molecule has 0 fully saturated rings. The quantitative estimate of drug-likeness (QED) is 0.407. The maximum absolute atomic E-state index is 13.0. The van der Waals surface area contributed by atoms with Crippen molar-refractivity contribution in [3.8, 4) is 5.75 Å². The maximum Gasteiger partial charge on any atom is 0.416 e. The lowest BCUT2D eigenvalue weighted by Crippen LogP contribution is -2.22. The average molecular weight is 472 g/mol. The van der Waals surface area contributed by atoms with Gasteiger partial charge in [-0.05, 0) is 42.0 Å². The molecule has 0 radical (unpaired) electrons. The summed E-state index contributed by atoms with van der Waals surface area (Å²) in [5.74, 6) is -0.625. The number of carbonyl (C=O) groups excluding carboxylic acids is 1. The van der Waals surface area contributed by atoms with Crippen LogP contribution >= 0.6 is 0 Å². The van der Waals surface area contributed by atoms with Crippen LogP contribution < -0.4 is 14.8 Å². The van der Waals surface area contributed by atoms with Crippen molar-refractivity contribution in [1.29, 1.82) is 0 Å². The summed E-state index contributed by atoms with van der Waals surface area (Å²) in [5.41, 5.74) is -0.553. The highest BCUT2D eigenvalue weighted by atomic mass is 32.2. The number of methoxy groups -OCH3 is 1. The lowest BCUT2D eigenvalue weighted by atomic mass is 10.1. The van der Waals surface area contributed by atoms with Crippen LogP contribution in [0, 0.1) is 0 Å². The fourth-order valence-corrected chi connectivity index (χ4v) is 3.58. The summed E-state index contributed by atoms with van der Waals surface area (Å²) < 4.78 is 75.6. The number of hydrogen-bond acceptors (Lipinski definition) is 5. The zero-order valence-electron chi connectivity index (χ0n) is 17.4. The van der Waals surface area contributed by atoms with Gasteiger partial charge in [0.1, 0.15) is 12.4 Å². The van der Waals surface area contributed by atoms with Crippen molar-refractivity contribution in [2.45, 2.75) is 18.0 Å². The van der Waals surface area contributed by atoms with Crippen molar-refractivity contribution < 1.29 is 35.9 Å². The monoisotopic (exact) mass is 472 g/mol. The summed E-state index contributed by atoms with van der Waals surface area (Å²) >= 11 is 0. The first-order valence-corrected chi connectivity index (χ1v) is 11.0. The lowest BCUT2D eigenvalue weighted by Gasteiger charge is -2.14. The zero-order valence-corrected chi connectivity index (χ0v) is 18.2. The van der Waals surface area contributed by atoms with Crippen molar-refractivity contribution in [2.24, 2.45) is 0 Å². The van der Waals surface area contributed by atoms with Gasteiger partial charge in [0.2, 0.25) is 15.9 Å². The number of nitrogens with one attached hydrogen (secondary N) is 2. The van der Waals surface area contributed by atoms with Crippen LogP contribution in [0.2, 0.25) is 0 Å². The molecule has 7 nitrogen and oxygen atoms in total. The van der Waals surface area contributed by atoms with Gasteiger partial charge in [0.15, 0.2) is 0 Å². The Bertz CT molecular complexity index is 1050. The third kappa shape index (κ3) is 7.36. The zero-order chi connectivity index (χ0) is 23.8. The second-order valence-electron chi connectivity index (χ2n) is 6.44. The van der Waals surface area contributed by atoms with Gasteiger partial charge in [-0.2, -0.15) is 13.2 Å². The molecular formula is C21H23F3N2O5S. The smallest absolute Gasteiger partial charge is 0.416 e. The van der Waals surface area contributed by atoms with E-state index < -0.39 is 27.7 Å². The van der Waals surface area contributed by atoms with Gasteiger partial charge in [0.25, 0.3) is 0 Å². The van der Waals surface area contributed by atoms with Gasteiger partial charge in [0.05, 0.1) is 22.8 Å². The summed E-state index contributed by atoms with van der Waals surface area (Å²) in [5, 5.41) is 2.38. The third-order valence-electron chi connectivity index (χ3n) is 4.06. The van der Waals surface area contributed by atoms with Gasteiger partial charge in [-0.25, -0.2) is 13.1 Å². The lowest BCUT2D eigenvalue weighted by molar-refractivity contribution is -0.137. The summed E-state index contributed by atoms with van der Waals surface area (Å²) in [6.07, 6.45) is -2.07. The number of sulfonamides is 1. The largest absolute Gasteiger partial charge is 0.489 e. The second kappa shape index (κ2) is 11.1. The Kier molecular flexibility index (Phi) is 8.81. The molecule has 0 heterocycles. The predicted octanol–water partition coefficient (Wildman–Crippen LogP) is 3.68. The first kappa shape index (κ1) is 25.4. The van der Waals surface area contributed by atoms with Crippen LogP contribution in [0.25, 0.3) is 6.08 Å². The maximum atomic E-state index is 13.0. The standard InChI is InChI=1S/C21H23F3N2O5S/c1-3-25-32(28,29)17-8-4-15(5-9-17)6-11-20(27)26-18-14-16(21(22,23)24)7-10-19(18)31-13-12-30-2/h4-11,14,25H,3,12-13H2,1-2H3,(H,26,27)/b11-6+. The molecule has 2 aromatic carbocycles. The van der Waals surface area contributed by atoms with Gasteiger partial charge in [-0.3, -0.25) is 4.79 Å². The molecule has 0 spiro atoms. The van der Waals surface area contributed by atoms with Crippen LogP contribution in [0.15, 0.2) is 53.4 Å². The van der Waals surface area contributed by atoms with Crippen LogP contribution in [-0.4, -0.2) is 41.2 Å². The molecule has 0 aliphatic carbocycles. The van der Waals surface area contributed by atoms with Gasteiger partial charge >= 0.3 is 6.18 Å². The Balaban J connectivity index is 2.16. The van der Waals surface area contributed by atoms with Crippen molar-refractivity contribution in [1.82, 2.24) is 4.72 Å². The molecule has 2 rings (SSSR count). The highest BCUT2D eigenvalue weighted by Crippen LogP contribution is 2.35. The molecule has 0 aliphatic rings. The van der Waals surface area contributed by atoms with E-state index in [1.165, 1.54) is 37.5 Å². The Morgan fingerprint density at radius 1 is 1.09 bits per heavy atom. The Hall–Kier alpha value is -2.89. The topological polar surface area (TPSA) is 93.7 Å². The van der Waals surface area contributed by atoms with Crippen molar-refractivity contribution in [3.63, 3.8) is 0 Å². The second-order valence-corrected chi connectivity index (χ2v) is 8.21. The van der Waals surface area contributed by atoms with Crippen LogP contribution in [-0.2, 0) is 25.7 Å². The van der Waals surface area contributed by atoms with Crippen molar-refractivity contribution in [2.75, 3.05) is 32.2 Å². The van der Waals surface area contributed by atoms with Gasteiger partial charge < -0.3 is 14.8 Å². The first-order valence-electron chi connectivity index (χ1n) is 9.48. The van der Waals surface area contributed by atoms with E-state index in [0.29, 0.717) is 5.56 Å². The molecule has 2 N–H and O–H groups in total. The van der Waals surface area contributed by atoms with Gasteiger partial charge in [-0.1, -0.05) is 19.1 Å². The van der Waals surface area contributed by atoms with Crippen LogP contribution in [0.5, 0.6) is 5.75 Å². The third-order valence-corrected chi connectivity index (χ3v) is 5.62. The number of amides is 1. The van der Waals surface area contributed by atoms with E-state index in [2.05, 4.69) is 10.0 Å². The molecule has 0 bridgehead atoms.